The van der Waals surface area contributed by atoms with Crippen LogP contribution in [0.1, 0.15) is 29.3 Å². The van der Waals surface area contributed by atoms with E-state index in [-0.39, 0.29) is 11.8 Å². The van der Waals surface area contributed by atoms with E-state index >= 15 is 0 Å². The van der Waals surface area contributed by atoms with Gasteiger partial charge in [-0.05, 0) is 32.6 Å². The van der Waals surface area contributed by atoms with Crippen molar-refractivity contribution in [2.75, 3.05) is 24.6 Å². The first-order chi connectivity index (χ1) is 8.68. The van der Waals surface area contributed by atoms with Gasteiger partial charge in [0.15, 0.2) is 5.78 Å². The van der Waals surface area contributed by atoms with Crippen molar-refractivity contribution in [2.24, 2.45) is 0 Å². The summed E-state index contributed by atoms with van der Waals surface area (Å²) in [6, 6.07) is 7.92. The molecule has 98 valence electrons. The first-order valence-electron chi connectivity index (χ1n) is 6.61. The molecule has 0 spiro atoms. The molecule has 0 saturated carbocycles. The van der Waals surface area contributed by atoms with Crippen molar-refractivity contribution in [1.29, 1.82) is 0 Å². The lowest BCUT2D eigenvalue weighted by Crippen LogP contribution is -2.40. The molecule has 18 heavy (non-hydrogen) atoms. The number of nitrogens with zero attached hydrogens (tertiary/aromatic N) is 1. The number of hydrogen-bond donors (Lipinski definition) is 0. The van der Waals surface area contributed by atoms with Crippen LogP contribution in [0.3, 0.4) is 0 Å². The van der Waals surface area contributed by atoms with Gasteiger partial charge in [-0.15, -0.1) is 0 Å². The second-order valence-corrected chi connectivity index (χ2v) is 6.13. The third-order valence-corrected chi connectivity index (χ3v) is 4.57. The lowest BCUT2D eigenvalue weighted by molar-refractivity contribution is 0.0848. The number of aryl methyl sites for hydroxylation is 1. The summed E-state index contributed by atoms with van der Waals surface area (Å²) >= 11 is 1.99. The number of hydrogen-bond acceptors (Lipinski definition) is 3. The van der Waals surface area contributed by atoms with E-state index in [4.69, 9.17) is 0 Å². The predicted octanol–water partition coefficient (Wildman–Crippen LogP) is 3.01. The monoisotopic (exact) mass is 263 g/mol. The van der Waals surface area contributed by atoms with Gasteiger partial charge in [-0.3, -0.25) is 9.69 Å². The normalized spacial score (nSPS) is 19.2. The molecule has 2 nitrogen and oxygen atoms in total. The molecular formula is C15H21NOS. The molecule has 1 aromatic rings. The van der Waals surface area contributed by atoms with Gasteiger partial charge >= 0.3 is 0 Å². The van der Waals surface area contributed by atoms with Crippen molar-refractivity contribution in [3.63, 3.8) is 0 Å². The SMILES string of the molecule is Cc1ccc(C(=O)C(C)N2CCCSCC2)cc1. The summed E-state index contributed by atoms with van der Waals surface area (Å²) in [4.78, 5) is 14.7. The van der Waals surface area contributed by atoms with Gasteiger partial charge in [0.25, 0.3) is 0 Å². The molecule has 1 aromatic carbocycles. The molecule has 2 rings (SSSR count). The Balaban J connectivity index is 2.05. The van der Waals surface area contributed by atoms with E-state index in [1.54, 1.807) is 0 Å². The molecular weight excluding hydrogens is 242 g/mol. The van der Waals surface area contributed by atoms with Crippen LogP contribution < -0.4 is 0 Å². The maximum atomic E-state index is 12.4. The van der Waals surface area contributed by atoms with E-state index in [0.29, 0.717) is 0 Å². The van der Waals surface area contributed by atoms with Gasteiger partial charge in [0, 0.05) is 17.9 Å². The molecule has 0 amide bonds. The van der Waals surface area contributed by atoms with E-state index in [1.807, 2.05) is 49.9 Å². The van der Waals surface area contributed by atoms with Gasteiger partial charge in [-0.1, -0.05) is 29.8 Å². The summed E-state index contributed by atoms with van der Waals surface area (Å²) in [7, 11) is 0. The Morgan fingerprint density at radius 1 is 1.22 bits per heavy atom. The smallest absolute Gasteiger partial charge is 0.179 e. The Kier molecular flexibility index (Phi) is 4.84. The first-order valence-corrected chi connectivity index (χ1v) is 7.76. The minimum atomic E-state index is 0.00593. The fraction of sp³-hybridized carbons (Fsp3) is 0.533. The minimum Gasteiger partial charge on any atom is -0.293 e. The molecule has 1 aliphatic rings. The first kappa shape index (κ1) is 13.6. The molecule has 0 radical (unpaired) electrons. The van der Waals surface area contributed by atoms with E-state index in [2.05, 4.69) is 4.90 Å². The van der Waals surface area contributed by atoms with Crippen molar-refractivity contribution >= 4 is 17.5 Å². The molecule has 1 atom stereocenters. The van der Waals surface area contributed by atoms with E-state index in [1.165, 1.54) is 17.7 Å². The maximum absolute atomic E-state index is 12.4. The van der Waals surface area contributed by atoms with Gasteiger partial charge in [-0.2, -0.15) is 11.8 Å². The Morgan fingerprint density at radius 3 is 2.67 bits per heavy atom. The third kappa shape index (κ3) is 3.36. The summed E-state index contributed by atoms with van der Waals surface area (Å²) in [5.41, 5.74) is 2.04. The molecule has 0 bridgehead atoms. The molecule has 1 heterocycles. The highest BCUT2D eigenvalue weighted by Crippen LogP contribution is 2.15. The highest BCUT2D eigenvalue weighted by atomic mass is 32.2. The standard InChI is InChI=1S/C15H21NOS/c1-12-4-6-14(7-5-12)15(17)13(2)16-8-3-10-18-11-9-16/h4-7,13H,3,8-11H2,1-2H3. The average molecular weight is 263 g/mol. The largest absolute Gasteiger partial charge is 0.293 e. The van der Waals surface area contributed by atoms with Crippen LogP contribution in [0, 0.1) is 6.92 Å². The van der Waals surface area contributed by atoms with Crippen molar-refractivity contribution in [3.05, 3.63) is 35.4 Å². The fourth-order valence-corrected chi connectivity index (χ4v) is 3.18. The highest BCUT2D eigenvalue weighted by Gasteiger charge is 2.22. The molecule has 1 unspecified atom stereocenters. The Bertz CT molecular complexity index is 393. The molecule has 1 fully saturated rings. The number of benzene rings is 1. The van der Waals surface area contributed by atoms with E-state index in [9.17, 15) is 4.79 Å². The van der Waals surface area contributed by atoms with Gasteiger partial charge < -0.3 is 0 Å². The number of thioether (sulfide) groups is 1. The second kappa shape index (κ2) is 6.39. The van der Waals surface area contributed by atoms with Crippen molar-refractivity contribution in [1.82, 2.24) is 4.90 Å². The van der Waals surface area contributed by atoms with Crippen LogP contribution in [-0.4, -0.2) is 41.3 Å². The predicted molar refractivity (Wildman–Crippen MR) is 78.5 cm³/mol. The quantitative estimate of drug-likeness (QED) is 0.782. The van der Waals surface area contributed by atoms with Crippen molar-refractivity contribution in [2.45, 2.75) is 26.3 Å². The fourth-order valence-electron chi connectivity index (χ4n) is 2.28. The summed E-state index contributed by atoms with van der Waals surface area (Å²) < 4.78 is 0. The van der Waals surface area contributed by atoms with Crippen LogP contribution in [0.5, 0.6) is 0 Å². The zero-order chi connectivity index (χ0) is 13.0. The summed E-state index contributed by atoms with van der Waals surface area (Å²) in [5, 5.41) is 0. The minimum absolute atomic E-state index is 0.00593. The molecule has 0 aromatic heterocycles. The van der Waals surface area contributed by atoms with Gasteiger partial charge in [-0.25, -0.2) is 0 Å². The Hall–Kier alpha value is -0.800. The van der Waals surface area contributed by atoms with Crippen LogP contribution in [0.4, 0.5) is 0 Å². The van der Waals surface area contributed by atoms with Crippen LogP contribution in [-0.2, 0) is 0 Å². The van der Waals surface area contributed by atoms with Crippen LogP contribution in [0.25, 0.3) is 0 Å². The zero-order valence-corrected chi connectivity index (χ0v) is 12.0. The highest BCUT2D eigenvalue weighted by molar-refractivity contribution is 7.99. The lowest BCUT2D eigenvalue weighted by atomic mass is 10.0. The second-order valence-electron chi connectivity index (χ2n) is 4.91. The van der Waals surface area contributed by atoms with Gasteiger partial charge in [0.2, 0.25) is 0 Å². The zero-order valence-electron chi connectivity index (χ0n) is 11.2. The number of ketones is 1. The van der Waals surface area contributed by atoms with Crippen LogP contribution >= 0.6 is 11.8 Å². The summed E-state index contributed by atoms with van der Waals surface area (Å²) in [6.45, 7) is 6.16. The van der Waals surface area contributed by atoms with Crippen molar-refractivity contribution in [3.8, 4) is 0 Å². The van der Waals surface area contributed by atoms with Crippen LogP contribution in [0.2, 0.25) is 0 Å². The lowest BCUT2D eigenvalue weighted by Gasteiger charge is -2.26. The van der Waals surface area contributed by atoms with E-state index < -0.39 is 0 Å². The number of rotatable bonds is 3. The Labute approximate surface area is 114 Å². The molecule has 3 heteroatoms. The third-order valence-electron chi connectivity index (χ3n) is 3.52. The molecule has 1 aliphatic heterocycles. The number of carbonyl (C=O) groups is 1. The molecule has 0 N–H and O–H groups in total. The summed E-state index contributed by atoms with van der Waals surface area (Å²) in [6.07, 6.45) is 1.19. The van der Waals surface area contributed by atoms with Gasteiger partial charge in [0.1, 0.15) is 0 Å². The van der Waals surface area contributed by atoms with Crippen molar-refractivity contribution < 1.29 is 4.79 Å². The maximum Gasteiger partial charge on any atom is 0.179 e. The van der Waals surface area contributed by atoms with Gasteiger partial charge in [0.05, 0.1) is 6.04 Å². The summed E-state index contributed by atoms with van der Waals surface area (Å²) in [5.74, 6) is 2.62. The number of carbonyl (C=O) groups excluding carboxylic acids is 1. The average Bonchev–Trinajstić information content (AvgIpc) is 2.67. The number of Topliss-reactive ketones (excluding diaryl/α,β-unsaturated/α-hetero) is 1. The van der Waals surface area contributed by atoms with E-state index in [0.717, 1.165) is 24.4 Å². The molecule has 1 saturated heterocycles. The Morgan fingerprint density at radius 2 is 1.94 bits per heavy atom. The molecule has 0 aliphatic carbocycles. The topological polar surface area (TPSA) is 20.3 Å². The van der Waals surface area contributed by atoms with Crippen LogP contribution in [0.15, 0.2) is 24.3 Å².